The van der Waals surface area contributed by atoms with Gasteiger partial charge in [-0.25, -0.2) is 4.79 Å². The van der Waals surface area contributed by atoms with Gasteiger partial charge in [0, 0.05) is 13.0 Å². The lowest BCUT2D eigenvalue weighted by atomic mass is 10.1. The summed E-state index contributed by atoms with van der Waals surface area (Å²) in [5.74, 6) is 0.187. The highest BCUT2D eigenvalue weighted by atomic mass is 16.6. The molecule has 1 unspecified atom stereocenters. The van der Waals surface area contributed by atoms with Gasteiger partial charge in [0.25, 0.3) is 0 Å². The molecule has 0 radical (unpaired) electrons. The number of amides is 1. The van der Waals surface area contributed by atoms with E-state index in [1.807, 2.05) is 20.8 Å². The van der Waals surface area contributed by atoms with Crippen LogP contribution in [0.25, 0.3) is 0 Å². The fourth-order valence-electron chi connectivity index (χ4n) is 1.77. The second-order valence-electron chi connectivity index (χ2n) is 5.60. The highest BCUT2D eigenvalue weighted by Gasteiger charge is 2.22. The molecule has 1 saturated heterocycles. The van der Waals surface area contributed by atoms with E-state index in [-0.39, 0.29) is 24.6 Å². The Labute approximate surface area is 108 Å². The molecule has 1 amide bonds. The van der Waals surface area contributed by atoms with Crippen LogP contribution < -0.4 is 5.32 Å². The van der Waals surface area contributed by atoms with Crippen molar-refractivity contribution in [3.05, 3.63) is 0 Å². The van der Waals surface area contributed by atoms with Crippen LogP contribution in [-0.4, -0.2) is 36.7 Å². The standard InChI is InChI=1S/C13H23NO4/c1-13(2,3)18-12(16)14-7-5-4-6-11-8-10(15)9-17-11/h11H,4-9H2,1-3H3,(H,14,16). The molecule has 1 fully saturated rings. The SMILES string of the molecule is CC(C)(C)OC(=O)NCCCCC1CC(=O)CO1. The zero-order valence-electron chi connectivity index (χ0n) is 11.5. The number of Topliss-reactive ketones (excluding diaryl/α,β-unsaturated/α-hetero) is 1. The first-order chi connectivity index (χ1) is 8.37. The molecule has 0 saturated carbocycles. The third-order valence-corrected chi connectivity index (χ3v) is 2.56. The molecule has 1 atom stereocenters. The second kappa shape index (κ2) is 6.73. The number of alkyl carbamates (subject to hydrolysis) is 1. The largest absolute Gasteiger partial charge is 0.444 e. The lowest BCUT2D eigenvalue weighted by molar-refractivity contribution is -0.117. The molecule has 1 aliphatic rings. The predicted molar refractivity (Wildman–Crippen MR) is 67.5 cm³/mol. The molecule has 1 N–H and O–H groups in total. The molecule has 1 rings (SSSR count). The molecule has 5 nitrogen and oxygen atoms in total. The van der Waals surface area contributed by atoms with Crippen molar-refractivity contribution >= 4 is 11.9 Å². The van der Waals surface area contributed by atoms with Gasteiger partial charge < -0.3 is 14.8 Å². The zero-order valence-corrected chi connectivity index (χ0v) is 11.5. The van der Waals surface area contributed by atoms with Gasteiger partial charge in [0.05, 0.1) is 6.10 Å². The van der Waals surface area contributed by atoms with Crippen LogP contribution in [0.5, 0.6) is 0 Å². The van der Waals surface area contributed by atoms with Crippen LogP contribution in [0.3, 0.4) is 0 Å². The lowest BCUT2D eigenvalue weighted by Crippen LogP contribution is -2.33. The highest BCUT2D eigenvalue weighted by molar-refractivity contribution is 5.81. The molecule has 1 aliphatic heterocycles. The van der Waals surface area contributed by atoms with Crippen LogP contribution in [0.15, 0.2) is 0 Å². The zero-order chi connectivity index (χ0) is 13.6. The van der Waals surface area contributed by atoms with Crippen LogP contribution in [-0.2, 0) is 14.3 Å². The maximum Gasteiger partial charge on any atom is 0.407 e. The molecular formula is C13H23NO4. The third kappa shape index (κ3) is 6.59. The number of carbonyl (C=O) groups is 2. The number of nitrogens with one attached hydrogen (secondary N) is 1. The minimum atomic E-state index is -0.456. The second-order valence-corrected chi connectivity index (χ2v) is 5.60. The number of unbranched alkanes of at least 4 members (excludes halogenated alkanes) is 1. The molecule has 104 valence electrons. The Kier molecular flexibility index (Phi) is 5.59. The Morgan fingerprint density at radius 1 is 1.44 bits per heavy atom. The maximum atomic E-state index is 11.3. The molecule has 0 aliphatic carbocycles. The van der Waals surface area contributed by atoms with Crippen molar-refractivity contribution in [1.29, 1.82) is 0 Å². The monoisotopic (exact) mass is 257 g/mol. The number of ketones is 1. The van der Waals surface area contributed by atoms with Gasteiger partial charge in [0.2, 0.25) is 0 Å². The van der Waals surface area contributed by atoms with Crippen molar-refractivity contribution in [1.82, 2.24) is 5.32 Å². The molecule has 18 heavy (non-hydrogen) atoms. The number of hydrogen-bond donors (Lipinski definition) is 1. The van der Waals surface area contributed by atoms with Crippen molar-refractivity contribution in [3.63, 3.8) is 0 Å². The quantitative estimate of drug-likeness (QED) is 0.765. The summed E-state index contributed by atoms with van der Waals surface area (Å²) in [5.41, 5.74) is -0.456. The van der Waals surface area contributed by atoms with Crippen molar-refractivity contribution in [2.45, 2.75) is 58.2 Å². The van der Waals surface area contributed by atoms with Crippen LogP contribution in [0.4, 0.5) is 4.79 Å². The topological polar surface area (TPSA) is 64.6 Å². The summed E-state index contributed by atoms with van der Waals surface area (Å²) >= 11 is 0. The lowest BCUT2D eigenvalue weighted by Gasteiger charge is -2.19. The van der Waals surface area contributed by atoms with Gasteiger partial charge in [-0.3, -0.25) is 4.79 Å². The molecule has 1 heterocycles. The third-order valence-electron chi connectivity index (χ3n) is 2.56. The van der Waals surface area contributed by atoms with E-state index in [4.69, 9.17) is 9.47 Å². The van der Waals surface area contributed by atoms with Gasteiger partial charge in [-0.15, -0.1) is 0 Å². The Morgan fingerprint density at radius 3 is 2.72 bits per heavy atom. The number of hydrogen-bond acceptors (Lipinski definition) is 4. The van der Waals surface area contributed by atoms with Gasteiger partial charge in [-0.1, -0.05) is 0 Å². The van der Waals surface area contributed by atoms with Gasteiger partial charge in [0.15, 0.2) is 5.78 Å². The summed E-state index contributed by atoms with van der Waals surface area (Å²) in [6, 6.07) is 0. The molecule has 5 heteroatoms. The van der Waals surface area contributed by atoms with E-state index in [9.17, 15) is 9.59 Å². The average Bonchev–Trinajstić information content (AvgIpc) is 2.61. The Morgan fingerprint density at radius 2 is 2.17 bits per heavy atom. The van der Waals surface area contributed by atoms with E-state index in [0.29, 0.717) is 13.0 Å². The van der Waals surface area contributed by atoms with Gasteiger partial charge in [-0.2, -0.15) is 0 Å². The molecule has 0 aromatic rings. The molecular weight excluding hydrogens is 234 g/mol. The van der Waals surface area contributed by atoms with Crippen LogP contribution in [0.2, 0.25) is 0 Å². The summed E-state index contributed by atoms with van der Waals surface area (Å²) in [5, 5.41) is 2.70. The molecule has 0 aromatic heterocycles. The summed E-state index contributed by atoms with van der Waals surface area (Å²) in [6.07, 6.45) is 2.93. The smallest absolute Gasteiger partial charge is 0.407 e. The number of carbonyl (C=O) groups excluding carboxylic acids is 2. The fourth-order valence-corrected chi connectivity index (χ4v) is 1.77. The van der Waals surface area contributed by atoms with Crippen molar-refractivity contribution in [2.75, 3.05) is 13.2 Å². The summed E-state index contributed by atoms with van der Waals surface area (Å²) in [7, 11) is 0. The van der Waals surface area contributed by atoms with Gasteiger partial charge in [0.1, 0.15) is 12.2 Å². The van der Waals surface area contributed by atoms with Crippen molar-refractivity contribution in [2.24, 2.45) is 0 Å². The van der Waals surface area contributed by atoms with Crippen LogP contribution in [0, 0.1) is 0 Å². The Hall–Kier alpha value is -1.10. The van der Waals surface area contributed by atoms with E-state index in [1.165, 1.54) is 0 Å². The van der Waals surface area contributed by atoms with Crippen LogP contribution >= 0.6 is 0 Å². The average molecular weight is 257 g/mol. The fraction of sp³-hybridized carbons (Fsp3) is 0.846. The maximum absolute atomic E-state index is 11.3. The van der Waals surface area contributed by atoms with Crippen LogP contribution in [0.1, 0.15) is 46.5 Å². The van der Waals surface area contributed by atoms with E-state index in [2.05, 4.69) is 5.32 Å². The summed E-state index contributed by atoms with van der Waals surface area (Å²) in [6.45, 7) is 6.36. The van der Waals surface area contributed by atoms with E-state index < -0.39 is 5.60 Å². The minimum absolute atomic E-state index is 0.0824. The predicted octanol–water partition coefficient (Wildman–Crippen LogP) is 2.04. The first kappa shape index (κ1) is 15.0. The highest BCUT2D eigenvalue weighted by Crippen LogP contribution is 2.15. The number of ether oxygens (including phenoxy) is 2. The van der Waals surface area contributed by atoms with Crippen molar-refractivity contribution < 1.29 is 19.1 Å². The number of rotatable bonds is 5. The summed E-state index contributed by atoms with van der Waals surface area (Å²) < 4.78 is 10.4. The normalized spacial score (nSPS) is 19.9. The Balaban J connectivity index is 1.98. The van der Waals surface area contributed by atoms with Crippen molar-refractivity contribution in [3.8, 4) is 0 Å². The van der Waals surface area contributed by atoms with Gasteiger partial charge >= 0.3 is 6.09 Å². The van der Waals surface area contributed by atoms with E-state index in [1.54, 1.807) is 0 Å². The first-order valence-corrected chi connectivity index (χ1v) is 6.47. The van der Waals surface area contributed by atoms with E-state index >= 15 is 0 Å². The minimum Gasteiger partial charge on any atom is -0.444 e. The van der Waals surface area contributed by atoms with Gasteiger partial charge in [-0.05, 0) is 40.0 Å². The molecule has 0 aromatic carbocycles. The molecule has 0 spiro atoms. The summed E-state index contributed by atoms with van der Waals surface area (Å²) in [4.78, 5) is 22.3. The first-order valence-electron chi connectivity index (χ1n) is 6.47. The molecule has 0 bridgehead atoms. The van der Waals surface area contributed by atoms with E-state index in [0.717, 1.165) is 19.3 Å². The Bertz CT molecular complexity index is 296.